The standard InChI is InChI=1S/C12H15NO3/c1-16-12(15)8-7-11(14)9-13-10-5-3-2-4-6-10/h2-6,13H,7-9H2,1H3. The average molecular weight is 221 g/mol. The Labute approximate surface area is 94.6 Å². The van der Waals surface area contributed by atoms with Crippen LogP contribution < -0.4 is 5.32 Å². The summed E-state index contributed by atoms with van der Waals surface area (Å²) >= 11 is 0. The van der Waals surface area contributed by atoms with Crippen molar-refractivity contribution < 1.29 is 14.3 Å². The molecule has 0 saturated heterocycles. The molecule has 1 rings (SSSR count). The van der Waals surface area contributed by atoms with Crippen LogP contribution in [0.3, 0.4) is 0 Å². The lowest BCUT2D eigenvalue weighted by Gasteiger charge is -2.04. The summed E-state index contributed by atoms with van der Waals surface area (Å²) < 4.78 is 4.45. The molecule has 0 spiro atoms. The first-order chi connectivity index (χ1) is 7.72. The summed E-state index contributed by atoms with van der Waals surface area (Å²) in [6.07, 6.45) is 0.359. The first kappa shape index (κ1) is 12.2. The molecule has 1 N–H and O–H groups in total. The van der Waals surface area contributed by atoms with Crippen LogP contribution in [0.5, 0.6) is 0 Å². The number of esters is 1. The molecule has 0 aliphatic rings. The van der Waals surface area contributed by atoms with Gasteiger partial charge in [0.1, 0.15) is 0 Å². The van der Waals surface area contributed by atoms with Crippen LogP contribution in [0, 0.1) is 0 Å². The average Bonchev–Trinajstić information content (AvgIpc) is 2.34. The molecule has 86 valence electrons. The van der Waals surface area contributed by atoms with Crippen molar-refractivity contribution in [2.45, 2.75) is 12.8 Å². The molecule has 0 radical (unpaired) electrons. The van der Waals surface area contributed by atoms with Gasteiger partial charge in [-0.25, -0.2) is 0 Å². The third kappa shape index (κ3) is 4.59. The highest BCUT2D eigenvalue weighted by Gasteiger charge is 2.06. The monoisotopic (exact) mass is 221 g/mol. The van der Waals surface area contributed by atoms with Gasteiger partial charge < -0.3 is 10.1 Å². The maximum Gasteiger partial charge on any atom is 0.305 e. The minimum absolute atomic E-state index is 0.00532. The second-order valence-corrected chi connectivity index (χ2v) is 3.33. The zero-order chi connectivity index (χ0) is 11.8. The van der Waals surface area contributed by atoms with E-state index in [1.165, 1.54) is 7.11 Å². The Bertz CT molecular complexity index is 349. The highest BCUT2D eigenvalue weighted by atomic mass is 16.5. The fraction of sp³-hybridized carbons (Fsp3) is 0.333. The first-order valence-corrected chi connectivity index (χ1v) is 5.10. The molecule has 0 aromatic heterocycles. The van der Waals surface area contributed by atoms with Crippen LogP contribution in [0.15, 0.2) is 30.3 Å². The fourth-order valence-corrected chi connectivity index (χ4v) is 1.19. The molecule has 1 aromatic carbocycles. The summed E-state index contributed by atoms with van der Waals surface area (Å²) in [5.74, 6) is -0.359. The second-order valence-electron chi connectivity index (χ2n) is 3.33. The number of hydrogen-bond donors (Lipinski definition) is 1. The van der Waals surface area contributed by atoms with Gasteiger partial charge in [-0.3, -0.25) is 9.59 Å². The van der Waals surface area contributed by atoms with Crippen molar-refractivity contribution >= 4 is 17.4 Å². The number of ether oxygens (including phenoxy) is 1. The highest BCUT2D eigenvalue weighted by Crippen LogP contribution is 2.04. The fourth-order valence-electron chi connectivity index (χ4n) is 1.19. The molecule has 4 nitrogen and oxygen atoms in total. The quantitative estimate of drug-likeness (QED) is 0.742. The number of carbonyl (C=O) groups excluding carboxylic acids is 2. The highest BCUT2D eigenvalue weighted by molar-refractivity contribution is 5.86. The topological polar surface area (TPSA) is 55.4 Å². The van der Waals surface area contributed by atoms with E-state index in [2.05, 4.69) is 10.1 Å². The van der Waals surface area contributed by atoms with Crippen LogP contribution >= 0.6 is 0 Å². The van der Waals surface area contributed by atoms with Gasteiger partial charge in [-0.1, -0.05) is 18.2 Å². The summed E-state index contributed by atoms with van der Waals surface area (Å²) in [7, 11) is 1.31. The molecule has 0 unspecified atom stereocenters. The second kappa shape index (κ2) is 6.61. The molecule has 0 amide bonds. The van der Waals surface area contributed by atoms with Gasteiger partial charge in [0.2, 0.25) is 0 Å². The summed E-state index contributed by atoms with van der Waals surface area (Å²) in [6, 6.07) is 9.45. The van der Waals surface area contributed by atoms with Gasteiger partial charge in [0.05, 0.1) is 20.1 Å². The molecule has 4 heteroatoms. The molecule has 0 atom stereocenters. The largest absolute Gasteiger partial charge is 0.469 e. The molecule has 0 bridgehead atoms. The Morgan fingerprint density at radius 2 is 1.88 bits per heavy atom. The van der Waals surface area contributed by atoms with Crippen LogP contribution in [0.1, 0.15) is 12.8 Å². The normalized spacial score (nSPS) is 9.56. The molecule has 0 saturated carbocycles. The SMILES string of the molecule is COC(=O)CCC(=O)CNc1ccccc1. The number of methoxy groups -OCH3 is 1. The lowest BCUT2D eigenvalue weighted by Crippen LogP contribution is -2.15. The van der Waals surface area contributed by atoms with Gasteiger partial charge in [-0.05, 0) is 12.1 Å². The lowest BCUT2D eigenvalue weighted by atomic mass is 10.2. The number of hydrogen-bond acceptors (Lipinski definition) is 4. The van der Waals surface area contributed by atoms with E-state index in [-0.39, 0.29) is 31.1 Å². The number of carbonyl (C=O) groups is 2. The Hall–Kier alpha value is -1.84. The molecule has 0 fully saturated rings. The van der Waals surface area contributed by atoms with Crippen molar-refractivity contribution in [2.75, 3.05) is 19.0 Å². The van der Waals surface area contributed by atoms with Crippen LogP contribution in [-0.4, -0.2) is 25.4 Å². The van der Waals surface area contributed by atoms with Crippen molar-refractivity contribution in [3.63, 3.8) is 0 Å². The Morgan fingerprint density at radius 3 is 2.50 bits per heavy atom. The molecule has 0 heterocycles. The van der Waals surface area contributed by atoms with E-state index in [0.29, 0.717) is 0 Å². The number of benzene rings is 1. The van der Waals surface area contributed by atoms with E-state index < -0.39 is 0 Å². The van der Waals surface area contributed by atoms with Gasteiger partial charge in [-0.2, -0.15) is 0 Å². The maximum absolute atomic E-state index is 11.4. The van der Waals surface area contributed by atoms with Gasteiger partial charge >= 0.3 is 5.97 Å². The van der Waals surface area contributed by atoms with E-state index in [9.17, 15) is 9.59 Å². The first-order valence-electron chi connectivity index (χ1n) is 5.10. The predicted molar refractivity (Wildman–Crippen MR) is 61.2 cm³/mol. The summed E-state index contributed by atoms with van der Waals surface area (Å²) in [4.78, 5) is 22.2. The molecule has 0 aliphatic heterocycles. The smallest absolute Gasteiger partial charge is 0.305 e. The predicted octanol–water partition coefficient (Wildman–Crippen LogP) is 1.62. The summed E-state index contributed by atoms with van der Waals surface area (Å²) in [6.45, 7) is 0.237. The van der Waals surface area contributed by atoms with Gasteiger partial charge in [0, 0.05) is 12.1 Å². The van der Waals surface area contributed by atoms with Crippen molar-refractivity contribution in [3.05, 3.63) is 30.3 Å². The summed E-state index contributed by atoms with van der Waals surface area (Å²) in [5, 5.41) is 2.98. The van der Waals surface area contributed by atoms with Crippen molar-refractivity contribution in [1.29, 1.82) is 0 Å². The van der Waals surface area contributed by atoms with Gasteiger partial charge in [0.25, 0.3) is 0 Å². The zero-order valence-corrected chi connectivity index (χ0v) is 9.23. The van der Waals surface area contributed by atoms with Crippen molar-refractivity contribution in [1.82, 2.24) is 0 Å². The number of ketones is 1. The molecule has 16 heavy (non-hydrogen) atoms. The number of rotatable bonds is 6. The minimum atomic E-state index is -0.354. The van der Waals surface area contributed by atoms with Crippen LogP contribution in [0.25, 0.3) is 0 Å². The van der Waals surface area contributed by atoms with Crippen molar-refractivity contribution in [2.24, 2.45) is 0 Å². The van der Waals surface area contributed by atoms with Gasteiger partial charge in [-0.15, -0.1) is 0 Å². The zero-order valence-electron chi connectivity index (χ0n) is 9.23. The van der Waals surface area contributed by atoms with Gasteiger partial charge in [0.15, 0.2) is 5.78 Å². The van der Waals surface area contributed by atoms with E-state index >= 15 is 0 Å². The number of Topliss-reactive ketones (excluding diaryl/α,β-unsaturated/α-hetero) is 1. The van der Waals surface area contributed by atoms with E-state index in [1.54, 1.807) is 0 Å². The van der Waals surface area contributed by atoms with E-state index in [1.807, 2.05) is 30.3 Å². The molecule has 0 aliphatic carbocycles. The third-order valence-corrected chi connectivity index (χ3v) is 2.10. The summed E-state index contributed by atoms with van der Waals surface area (Å²) in [5.41, 5.74) is 0.897. The van der Waals surface area contributed by atoms with Crippen LogP contribution in [0.4, 0.5) is 5.69 Å². The van der Waals surface area contributed by atoms with Crippen LogP contribution in [0.2, 0.25) is 0 Å². The van der Waals surface area contributed by atoms with Crippen molar-refractivity contribution in [3.8, 4) is 0 Å². The molecular formula is C12H15NO3. The molecule has 1 aromatic rings. The number of para-hydroxylation sites is 1. The number of anilines is 1. The van der Waals surface area contributed by atoms with Crippen LogP contribution in [-0.2, 0) is 14.3 Å². The Morgan fingerprint density at radius 1 is 1.19 bits per heavy atom. The van der Waals surface area contributed by atoms with E-state index in [0.717, 1.165) is 5.69 Å². The Balaban J connectivity index is 2.23. The maximum atomic E-state index is 11.4. The Kier molecular flexibility index (Phi) is 5.05. The molecular weight excluding hydrogens is 206 g/mol. The lowest BCUT2D eigenvalue weighted by molar-refractivity contribution is -0.141. The number of nitrogens with one attached hydrogen (secondary N) is 1. The van der Waals surface area contributed by atoms with E-state index in [4.69, 9.17) is 0 Å². The minimum Gasteiger partial charge on any atom is -0.469 e. The third-order valence-electron chi connectivity index (χ3n) is 2.10.